The SMILES string of the molecule is CC/C=C/C[C@H](CCCCCC)Oc1ccc(C)cc1OCC. The molecule has 2 heteroatoms. The molecule has 1 aromatic carbocycles. The van der Waals surface area contributed by atoms with Crippen LogP contribution in [-0.2, 0) is 0 Å². The highest BCUT2D eigenvalue weighted by Gasteiger charge is 2.13. The maximum Gasteiger partial charge on any atom is 0.161 e. The van der Waals surface area contributed by atoms with Gasteiger partial charge in [-0.15, -0.1) is 0 Å². The van der Waals surface area contributed by atoms with Crippen LogP contribution in [0, 0.1) is 6.92 Å². The van der Waals surface area contributed by atoms with E-state index in [4.69, 9.17) is 9.47 Å². The van der Waals surface area contributed by atoms with Gasteiger partial charge in [0.25, 0.3) is 0 Å². The van der Waals surface area contributed by atoms with Gasteiger partial charge in [-0.25, -0.2) is 0 Å². The number of benzene rings is 1. The minimum Gasteiger partial charge on any atom is -0.490 e. The number of unbranched alkanes of at least 4 members (excludes halogenated alkanes) is 3. The Bertz CT molecular complexity index is 451. The van der Waals surface area contributed by atoms with Gasteiger partial charge in [-0.3, -0.25) is 0 Å². The van der Waals surface area contributed by atoms with Crippen molar-refractivity contribution >= 4 is 0 Å². The van der Waals surface area contributed by atoms with Crippen molar-refractivity contribution in [3.05, 3.63) is 35.9 Å². The molecule has 1 rings (SSSR count). The van der Waals surface area contributed by atoms with E-state index >= 15 is 0 Å². The van der Waals surface area contributed by atoms with Crippen molar-refractivity contribution in [1.82, 2.24) is 0 Å². The number of hydrogen-bond donors (Lipinski definition) is 0. The van der Waals surface area contributed by atoms with E-state index in [0.717, 1.165) is 30.8 Å². The number of hydrogen-bond acceptors (Lipinski definition) is 2. The van der Waals surface area contributed by atoms with Gasteiger partial charge in [-0.2, -0.15) is 0 Å². The molecule has 0 bridgehead atoms. The van der Waals surface area contributed by atoms with Crippen LogP contribution in [0.5, 0.6) is 11.5 Å². The van der Waals surface area contributed by atoms with Crippen LogP contribution in [0.2, 0.25) is 0 Å². The Morgan fingerprint density at radius 1 is 1.00 bits per heavy atom. The van der Waals surface area contributed by atoms with Gasteiger partial charge in [-0.1, -0.05) is 51.3 Å². The zero-order valence-electron chi connectivity index (χ0n) is 15.4. The highest BCUT2D eigenvalue weighted by molar-refractivity contribution is 5.42. The first-order valence-electron chi connectivity index (χ1n) is 9.26. The molecule has 0 unspecified atom stereocenters. The van der Waals surface area contributed by atoms with E-state index < -0.39 is 0 Å². The first kappa shape index (κ1) is 19.6. The smallest absolute Gasteiger partial charge is 0.161 e. The molecule has 0 spiro atoms. The van der Waals surface area contributed by atoms with Gasteiger partial charge < -0.3 is 9.47 Å². The third-order valence-electron chi connectivity index (χ3n) is 3.87. The van der Waals surface area contributed by atoms with E-state index in [1.54, 1.807) is 0 Å². The maximum absolute atomic E-state index is 6.30. The summed E-state index contributed by atoms with van der Waals surface area (Å²) in [5.41, 5.74) is 1.20. The molecule has 0 saturated carbocycles. The quantitative estimate of drug-likeness (QED) is 0.325. The Labute approximate surface area is 142 Å². The summed E-state index contributed by atoms with van der Waals surface area (Å²) in [7, 11) is 0. The summed E-state index contributed by atoms with van der Waals surface area (Å²) < 4.78 is 12.0. The maximum atomic E-state index is 6.30. The van der Waals surface area contributed by atoms with Crippen LogP contribution in [0.1, 0.15) is 71.3 Å². The Kier molecular flexibility index (Phi) is 10.3. The van der Waals surface area contributed by atoms with Gasteiger partial charge in [0.15, 0.2) is 11.5 Å². The van der Waals surface area contributed by atoms with Crippen molar-refractivity contribution in [1.29, 1.82) is 0 Å². The summed E-state index contributed by atoms with van der Waals surface area (Å²) in [4.78, 5) is 0. The normalized spacial score (nSPS) is 12.5. The van der Waals surface area contributed by atoms with Crippen LogP contribution in [0.4, 0.5) is 0 Å². The zero-order chi connectivity index (χ0) is 16.9. The molecule has 23 heavy (non-hydrogen) atoms. The lowest BCUT2D eigenvalue weighted by Crippen LogP contribution is -2.16. The minimum absolute atomic E-state index is 0.233. The Morgan fingerprint density at radius 3 is 2.52 bits per heavy atom. The van der Waals surface area contributed by atoms with Crippen molar-refractivity contribution in [3.8, 4) is 11.5 Å². The van der Waals surface area contributed by atoms with E-state index in [-0.39, 0.29) is 6.10 Å². The summed E-state index contributed by atoms with van der Waals surface area (Å²) in [6, 6.07) is 6.20. The van der Waals surface area contributed by atoms with Crippen molar-refractivity contribution < 1.29 is 9.47 Å². The largest absolute Gasteiger partial charge is 0.490 e. The van der Waals surface area contributed by atoms with Crippen molar-refractivity contribution in [2.45, 2.75) is 78.7 Å². The average Bonchev–Trinajstić information content (AvgIpc) is 2.54. The van der Waals surface area contributed by atoms with Gasteiger partial charge in [0.2, 0.25) is 0 Å². The average molecular weight is 319 g/mol. The van der Waals surface area contributed by atoms with E-state index in [1.165, 1.54) is 31.2 Å². The summed E-state index contributed by atoms with van der Waals surface area (Å²) in [5, 5.41) is 0. The van der Waals surface area contributed by atoms with Gasteiger partial charge >= 0.3 is 0 Å². The van der Waals surface area contributed by atoms with Gasteiger partial charge in [-0.05, 0) is 50.8 Å². The molecule has 0 amide bonds. The molecule has 0 aliphatic rings. The minimum atomic E-state index is 0.233. The Hall–Kier alpha value is -1.44. The second-order valence-corrected chi connectivity index (χ2v) is 6.09. The van der Waals surface area contributed by atoms with Gasteiger partial charge in [0.1, 0.15) is 6.10 Å². The third kappa shape index (κ3) is 8.11. The van der Waals surface area contributed by atoms with E-state index in [0.29, 0.717) is 6.61 Å². The lowest BCUT2D eigenvalue weighted by atomic mass is 10.1. The van der Waals surface area contributed by atoms with Crippen LogP contribution >= 0.6 is 0 Å². The predicted molar refractivity (Wildman–Crippen MR) is 99.6 cm³/mol. The summed E-state index contributed by atoms with van der Waals surface area (Å²) in [5.74, 6) is 1.74. The fourth-order valence-corrected chi connectivity index (χ4v) is 2.60. The van der Waals surface area contributed by atoms with Crippen LogP contribution < -0.4 is 9.47 Å². The Morgan fingerprint density at radius 2 is 1.83 bits per heavy atom. The molecule has 0 saturated heterocycles. The van der Waals surface area contributed by atoms with Crippen molar-refractivity contribution in [3.63, 3.8) is 0 Å². The molecule has 0 aromatic heterocycles. The van der Waals surface area contributed by atoms with Crippen LogP contribution in [-0.4, -0.2) is 12.7 Å². The molecule has 0 aliphatic carbocycles. The molecule has 130 valence electrons. The lowest BCUT2D eigenvalue weighted by molar-refractivity contribution is 0.179. The molecular weight excluding hydrogens is 284 g/mol. The fraction of sp³-hybridized carbons (Fsp3) is 0.619. The first-order chi connectivity index (χ1) is 11.2. The highest BCUT2D eigenvalue weighted by atomic mass is 16.5. The second kappa shape index (κ2) is 12.0. The lowest BCUT2D eigenvalue weighted by Gasteiger charge is -2.20. The van der Waals surface area contributed by atoms with Crippen LogP contribution in [0.15, 0.2) is 30.4 Å². The predicted octanol–water partition coefficient (Wildman–Crippen LogP) is 6.47. The molecule has 0 heterocycles. The van der Waals surface area contributed by atoms with E-state index in [2.05, 4.69) is 45.1 Å². The Balaban J connectivity index is 2.71. The number of rotatable bonds is 12. The standard InChI is InChI=1S/C21H34O2/c1-5-8-10-12-14-19(13-11-9-6-2)23-20-16-15-18(4)17-21(20)22-7-3/h9,11,15-17,19H,5-8,10,12-14H2,1-4H3/b11-9+/t19-/m1/s1. The monoisotopic (exact) mass is 318 g/mol. The van der Waals surface area contributed by atoms with E-state index in [1.807, 2.05) is 13.0 Å². The first-order valence-corrected chi connectivity index (χ1v) is 9.26. The molecule has 1 atom stereocenters. The number of aryl methyl sites for hydroxylation is 1. The second-order valence-electron chi connectivity index (χ2n) is 6.09. The molecule has 0 aliphatic heterocycles. The summed E-state index contributed by atoms with van der Waals surface area (Å²) >= 11 is 0. The van der Waals surface area contributed by atoms with E-state index in [9.17, 15) is 0 Å². The summed E-state index contributed by atoms with van der Waals surface area (Å²) in [6.45, 7) is 9.17. The number of ether oxygens (including phenoxy) is 2. The molecule has 2 nitrogen and oxygen atoms in total. The molecule has 1 aromatic rings. The highest BCUT2D eigenvalue weighted by Crippen LogP contribution is 2.30. The van der Waals surface area contributed by atoms with Crippen molar-refractivity contribution in [2.75, 3.05) is 6.61 Å². The molecule has 0 fully saturated rings. The van der Waals surface area contributed by atoms with Gasteiger partial charge in [0, 0.05) is 6.42 Å². The number of allylic oxidation sites excluding steroid dienone is 1. The van der Waals surface area contributed by atoms with Crippen LogP contribution in [0.25, 0.3) is 0 Å². The zero-order valence-corrected chi connectivity index (χ0v) is 15.4. The molecule has 0 N–H and O–H groups in total. The molecular formula is C21H34O2. The van der Waals surface area contributed by atoms with Crippen LogP contribution in [0.3, 0.4) is 0 Å². The topological polar surface area (TPSA) is 18.5 Å². The fourth-order valence-electron chi connectivity index (χ4n) is 2.60. The van der Waals surface area contributed by atoms with Crippen molar-refractivity contribution in [2.24, 2.45) is 0 Å². The summed E-state index contributed by atoms with van der Waals surface area (Å²) in [6.07, 6.45) is 13.0. The third-order valence-corrected chi connectivity index (χ3v) is 3.87. The molecule has 0 radical (unpaired) electrons. The van der Waals surface area contributed by atoms with Gasteiger partial charge in [0.05, 0.1) is 6.61 Å².